The van der Waals surface area contributed by atoms with Gasteiger partial charge in [0.1, 0.15) is 0 Å². The lowest BCUT2D eigenvalue weighted by atomic mass is 9.43. The molecule has 0 amide bonds. The number of rotatable bonds is 12. The highest BCUT2D eigenvalue weighted by atomic mass is 32.3. The van der Waals surface area contributed by atoms with E-state index in [1.54, 1.807) is 0 Å². The largest absolute Gasteiger partial charge is 0.397 e. The Balaban J connectivity index is 1.71. The van der Waals surface area contributed by atoms with E-state index in [-0.39, 0.29) is 56.5 Å². The second-order valence-corrected chi connectivity index (χ2v) is 17.6. The van der Waals surface area contributed by atoms with Gasteiger partial charge in [-0.3, -0.25) is 18.2 Å². The molecule has 44 heavy (non-hydrogen) atoms. The molecule has 258 valence electrons. The molecule has 0 radical (unpaired) electrons. The van der Waals surface area contributed by atoms with Crippen molar-refractivity contribution in [3.8, 4) is 0 Å². The monoisotopic (exact) mass is 714 g/mol. The lowest BCUT2D eigenvalue weighted by Gasteiger charge is -2.64. The highest BCUT2D eigenvalue weighted by molar-refractivity contribution is 7.81. The quantitative estimate of drug-likeness (QED) is 0.167. The molecule has 0 heterocycles. The van der Waals surface area contributed by atoms with Crippen LogP contribution in [0, 0.1) is 46.3 Å². The van der Waals surface area contributed by atoms with Gasteiger partial charge in [0.2, 0.25) is 0 Å². The maximum absolute atomic E-state index is 12.2. The van der Waals surface area contributed by atoms with Gasteiger partial charge >= 0.3 is 41.6 Å². The summed E-state index contributed by atoms with van der Waals surface area (Å²) in [5.41, 5.74) is -1.53. The number of fused-ring (bicyclic) bond motifs is 5. The number of hydrogen-bond acceptors (Lipinski definition) is 12. The summed E-state index contributed by atoms with van der Waals surface area (Å²) in [5, 5.41) is 0. The van der Waals surface area contributed by atoms with Crippen LogP contribution < -0.4 is 0 Å². The van der Waals surface area contributed by atoms with E-state index < -0.39 is 88.5 Å². The van der Waals surface area contributed by atoms with E-state index in [1.807, 2.05) is 20.8 Å². The van der Waals surface area contributed by atoms with E-state index in [1.165, 1.54) is 0 Å². The Bertz CT molecular complexity index is 1500. The van der Waals surface area contributed by atoms with Crippen molar-refractivity contribution in [1.82, 2.24) is 0 Å². The molecule has 4 saturated carbocycles. The van der Waals surface area contributed by atoms with Crippen LogP contribution in [0.15, 0.2) is 0 Å². The van der Waals surface area contributed by atoms with Crippen molar-refractivity contribution in [2.45, 2.75) is 96.9 Å². The van der Waals surface area contributed by atoms with Crippen LogP contribution in [0.1, 0.15) is 78.6 Å². The molecule has 4 rings (SSSR count). The first-order valence-corrected chi connectivity index (χ1v) is 20.0. The fourth-order valence-corrected chi connectivity index (χ4v) is 11.6. The van der Waals surface area contributed by atoms with Crippen LogP contribution in [0.25, 0.3) is 0 Å². The topological polar surface area (TPSA) is 254 Å². The highest BCUT2D eigenvalue weighted by Crippen LogP contribution is 2.69. The third kappa shape index (κ3) is 8.12. The fourth-order valence-electron chi connectivity index (χ4n) is 9.64. The third-order valence-corrected chi connectivity index (χ3v) is 13.2. The van der Waals surface area contributed by atoms with Crippen LogP contribution in [0.3, 0.4) is 0 Å². The maximum Gasteiger partial charge on any atom is 0.397 e. The van der Waals surface area contributed by atoms with Crippen LogP contribution >= 0.6 is 0 Å². The Hall–Kier alpha value is -0.520. The molecule has 0 saturated heterocycles. The summed E-state index contributed by atoms with van der Waals surface area (Å²) in [6.07, 6.45) is -0.227. The van der Waals surface area contributed by atoms with Crippen molar-refractivity contribution in [2.75, 3.05) is 6.61 Å². The van der Waals surface area contributed by atoms with E-state index in [4.69, 9.17) is 17.1 Å². The van der Waals surface area contributed by atoms with Gasteiger partial charge in [-0.25, -0.2) is 16.7 Å². The molecule has 0 spiro atoms. The molecule has 0 aromatic rings. The molecule has 4 unspecified atom stereocenters. The Morgan fingerprint density at radius 2 is 1.36 bits per heavy atom. The minimum atomic E-state index is -4.94. The van der Waals surface area contributed by atoms with Crippen LogP contribution in [0.4, 0.5) is 0 Å². The molecular weight excluding hydrogens is 673 g/mol. The first-order valence-electron chi connectivity index (χ1n) is 14.5. The molecule has 4 aliphatic rings. The minimum absolute atomic E-state index is 0.0781. The van der Waals surface area contributed by atoms with Gasteiger partial charge < -0.3 is 0 Å². The summed E-state index contributed by atoms with van der Waals surface area (Å²) in [6, 6.07) is 0. The van der Waals surface area contributed by atoms with Crippen LogP contribution in [0.2, 0.25) is 0 Å². The predicted molar refractivity (Wildman–Crippen MR) is 151 cm³/mol. The molecule has 0 aromatic carbocycles. The predicted octanol–water partition coefficient (Wildman–Crippen LogP) is 2.66. The van der Waals surface area contributed by atoms with Crippen molar-refractivity contribution in [3.63, 3.8) is 0 Å². The standard InChI is InChI=1S/C24H42O16S4/c1-14(5-4-10-37-41(25,26)27)17-6-7-18-22-19(13-21(24(17,18)3)40-44(34,35)36)23(2)9-8-16(38-42(28,29)30)11-15(23)12-20(22)39-43(31,32)33/h14-22H,4-13H2,1-3H3,(H,25,26,27)(H,28,29,30)(H,31,32,33)(H,34,35,36)/t14-,15-,16-,17?,18+,19?,20?,21+,22?,23+,24-/m1/s1. The van der Waals surface area contributed by atoms with Crippen molar-refractivity contribution in [3.05, 3.63) is 0 Å². The SMILES string of the molecule is C[C@H](CCCOS(=O)(=O)O)C1CC[C@H]2C3C(OS(=O)(=O)O)C[C@H]4C[C@H](OS(=O)(=O)O)CC[C@]4(C)C3C[C@H](OS(=O)(=O)O)[C@]12C. The van der Waals surface area contributed by atoms with Crippen molar-refractivity contribution in [2.24, 2.45) is 46.3 Å². The summed E-state index contributed by atoms with van der Waals surface area (Å²) in [6.45, 7) is 5.43. The zero-order chi connectivity index (χ0) is 33.1. The second-order valence-electron chi connectivity index (χ2n) is 13.4. The summed E-state index contributed by atoms with van der Waals surface area (Å²) in [7, 11) is -19.3. The molecule has 0 aromatic heterocycles. The van der Waals surface area contributed by atoms with Gasteiger partial charge in [-0.05, 0) is 98.7 Å². The van der Waals surface area contributed by atoms with Gasteiger partial charge in [0, 0.05) is 5.41 Å². The van der Waals surface area contributed by atoms with Gasteiger partial charge in [0.15, 0.2) is 0 Å². The summed E-state index contributed by atoms with van der Waals surface area (Å²) >= 11 is 0. The average molecular weight is 715 g/mol. The lowest BCUT2D eigenvalue weighted by Crippen LogP contribution is -2.63. The van der Waals surface area contributed by atoms with Crippen LogP contribution in [-0.2, 0) is 58.3 Å². The normalized spacial score (nSPS) is 40.5. The van der Waals surface area contributed by atoms with Gasteiger partial charge in [0.05, 0.1) is 24.9 Å². The minimum Gasteiger partial charge on any atom is -0.264 e. The molecule has 0 aliphatic heterocycles. The molecule has 11 atom stereocenters. The average Bonchev–Trinajstić information content (AvgIpc) is 3.18. The summed E-state index contributed by atoms with van der Waals surface area (Å²) < 4.78 is 151. The van der Waals surface area contributed by atoms with Gasteiger partial charge in [0.25, 0.3) is 0 Å². The van der Waals surface area contributed by atoms with Gasteiger partial charge in [-0.15, -0.1) is 0 Å². The summed E-state index contributed by atoms with van der Waals surface area (Å²) in [5.74, 6) is -2.07. The van der Waals surface area contributed by atoms with Crippen LogP contribution in [-0.4, -0.2) is 76.8 Å². The van der Waals surface area contributed by atoms with Crippen LogP contribution in [0.5, 0.6) is 0 Å². The van der Waals surface area contributed by atoms with E-state index in [9.17, 15) is 47.3 Å². The van der Waals surface area contributed by atoms with Gasteiger partial charge in [-0.1, -0.05) is 20.8 Å². The third-order valence-electron chi connectivity index (χ3n) is 11.2. The Labute approximate surface area is 259 Å². The first-order chi connectivity index (χ1) is 19.9. The first kappa shape index (κ1) is 36.3. The fraction of sp³-hybridized carbons (Fsp3) is 1.00. The van der Waals surface area contributed by atoms with Crippen molar-refractivity contribution in [1.29, 1.82) is 0 Å². The zero-order valence-corrected chi connectivity index (χ0v) is 27.9. The smallest absolute Gasteiger partial charge is 0.264 e. The van der Waals surface area contributed by atoms with Crippen molar-refractivity contribution < 1.29 is 68.6 Å². The Kier molecular flexibility index (Phi) is 10.3. The van der Waals surface area contributed by atoms with E-state index in [0.717, 1.165) is 0 Å². The molecule has 20 heteroatoms. The maximum atomic E-state index is 12.2. The van der Waals surface area contributed by atoms with Gasteiger partial charge in [-0.2, -0.15) is 33.7 Å². The van der Waals surface area contributed by atoms with E-state index >= 15 is 0 Å². The van der Waals surface area contributed by atoms with E-state index in [2.05, 4.69) is 4.18 Å². The molecule has 4 N–H and O–H groups in total. The Morgan fingerprint density at radius 3 is 1.93 bits per heavy atom. The second kappa shape index (κ2) is 12.5. The molecule has 4 fully saturated rings. The molecular formula is C24H42O16S4. The summed E-state index contributed by atoms with van der Waals surface area (Å²) in [4.78, 5) is 0. The molecule has 0 bridgehead atoms. The van der Waals surface area contributed by atoms with Crippen molar-refractivity contribution >= 4 is 41.6 Å². The molecule has 4 aliphatic carbocycles. The molecule has 16 nitrogen and oxygen atoms in total. The van der Waals surface area contributed by atoms with E-state index in [0.29, 0.717) is 25.7 Å². The lowest BCUT2D eigenvalue weighted by molar-refractivity contribution is -0.196. The number of hydrogen-bond donors (Lipinski definition) is 4. The Morgan fingerprint density at radius 1 is 0.750 bits per heavy atom. The highest BCUT2D eigenvalue weighted by Gasteiger charge is 2.67. The zero-order valence-electron chi connectivity index (χ0n) is 24.6.